The van der Waals surface area contributed by atoms with Crippen LogP contribution < -0.4 is 10.6 Å². The first-order valence-electron chi connectivity index (χ1n) is 11.0. The number of hydrogen-bond acceptors (Lipinski definition) is 5. The van der Waals surface area contributed by atoms with Crippen molar-refractivity contribution in [3.63, 3.8) is 0 Å². The Bertz CT molecular complexity index is 1120. The Morgan fingerprint density at radius 2 is 1.91 bits per heavy atom. The van der Waals surface area contributed by atoms with Crippen LogP contribution in [0.25, 0.3) is 10.8 Å². The SMILES string of the molecule is CNC(=O)[C@@H]1[C@H]2C(=O)N(CCO)C(C(=O)Nc3ccc4ccccc4c3)C23CC[C@@]1(C)S3. The van der Waals surface area contributed by atoms with Gasteiger partial charge in [0.2, 0.25) is 17.7 Å². The zero-order valence-electron chi connectivity index (χ0n) is 18.1. The number of carbonyl (C=O) groups excluding carboxylic acids is 3. The maximum atomic E-state index is 13.7. The standard InChI is InChI=1S/C24H27N3O4S/c1-23-9-10-24(32-23)18(17(23)20(29)25-2)22(31)27(11-12-28)19(24)21(30)26-16-8-7-14-5-3-4-6-15(14)13-16/h3-8,13,17-19,28H,9-12H2,1-2H3,(H,25,29)(H,26,30)/t17-,18-,19?,23+,24?/m0/s1. The van der Waals surface area contributed by atoms with Crippen molar-refractivity contribution in [1.29, 1.82) is 0 Å². The molecule has 0 aliphatic carbocycles. The fraction of sp³-hybridized carbons (Fsp3) is 0.458. The number of amides is 3. The summed E-state index contributed by atoms with van der Waals surface area (Å²) in [4.78, 5) is 41.5. The maximum Gasteiger partial charge on any atom is 0.248 e. The van der Waals surface area contributed by atoms with E-state index in [1.807, 2.05) is 49.4 Å². The molecule has 0 aromatic heterocycles. The third-order valence-electron chi connectivity index (χ3n) is 7.41. The van der Waals surface area contributed by atoms with Gasteiger partial charge in [-0.05, 0) is 42.7 Å². The lowest BCUT2D eigenvalue weighted by Gasteiger charge is -2.34. The Hall–Kier alpha value is -2.58. The molecule has 7 nitrogen and oxygen atoms in total. The number of aliphatic hydroxyl groups excluding tert-OH is 1. The maximum absolute atomic E-state index is 13.7. The molecule has 3 aliphatic rings. The van der Waals surface area contributed by atoms with Crippen LogP contribution in [-0.2, 0) is 14.4 Å². The molecule has 3 N–H and O–H groups in total. The van der Waals surface area contributed by atoms with Crippen LogP contribution in [0.15, 0.2) is 42.5 Å². The molecular formula is C24H27N3O4S. The molecule has 5 rings (SSSR count). The molecule has 3 heterocycles. The number of anilines is 1. The van der Waals surface area contributed by atoms with Gasteiger partial charge in [-0.2, -0.15) is 0 Å². The minimum Gasteiger partial charge on any atom is -0.395 e. The van der Waals surface area contributed by atoms with Crippen LogP contribution in [0.3, 0.4) is 0 Å². The minimum atomic E-state index is -0.736. The number of thioether (sulfide) groups is 1. The number of fused-ring (bicyclic) bond motifs is 2. The molecule has 0 radical (unpaired) electrons. The quantitative estimate of drug-likeness (QED) is 0.643. The van der Waals surface area contributed by atoms with Gasteiger partial charge in [0, 0.05) is 24.0 Å². The van der Waals surface area contributed by atoms with Crippen molar-refractivity contribution >= 4 is 45.9 Å². The molecule has 3 saturated heterocycles. The fourth-order valence-electron chi connectivity index (χ4n) is 6.11. The molecule has 168 valence electrons. The van der Waals surface area contributed by atoms with Crippen LogP contribution in [-0.4, -0.2) is 63.5 Å². The van der Waals surface area contributed by atoms with Crippen LogP contribution >= 0.6 is 11.8 Å². The van der Waals surface area contributed by atoms with Gasteiger partial charge in [-0.3, -0.25) is 14.4 Å². The Morgan fingerprint density at radius 1 is 1.16 bits per heavy atom. The molecule has 1 spiro atoms. The predicted octanol–water partition coefficient (Wildman–Crippen LogP) is 2.00. The summed E-state index contributed by atoms with van der Waals surface area (Å²) in [5, 5.41) is 17.5. The lowest BCUT2D eigenvalue weighted by atomic mass is 9.66. The Balaban J connectivity index is 1.52. The second-order valence-corrected chi connectivity index (χ2v) is 11.0. The number of carbonyl (C=O) groups is 3. The summed E-state index contributed by atoms with van der Waals surface area (Å²) in [6.45, 7) is 1.87. The fourth-order valence-corrected chi connectivity index (χ4v) is 8.46. The minimum absolute atomic E-state index is 0.0740. The summed E-state index contributed by atoms with van der Waals surface area (Å²) in [5.74, 6) is -1.68. The largest absolute Gasteiger partial charge is 0.395 e. The number of nitrogens with zero attached hydrogens (tertiary/aromatic N) is 1. The van der Waals surface area contributed by atoms with Crippen molar-refractivity contribution in [2.45, 2.75) is 35.3 Å². The first kappa shape index (κ1) is 21.3. The van der Waals surface area contributed by atoms with Gasteiger partial charge < -0.3 is 20.6 Å². The van der Waals surface area contributed by atoms with Crippen LogP contribution in [0, 0.1) is 11.8 Å². The van der Waals surface area contributed by atoms with Gasteiger partial charge in [-0.1, -0.05) is 30.3 Å². The van der Waals surface area contributed by atoms with Crippen LogP contribution in [0.1, 0.15) is 19.8 Å². The third kappa shape index (κ3) is 2.89. The lowest BCUT2D eigenvalue weighted by molar-refractivity contribution is -0.140. The first-order valence-corrected chi connectivity index (χ1v) is 11.8. The number of β-amino-alcohol motifs (C(OH)–C–C–N with tert-alkyl or cyclic N) is 1. The molecular weight excluding hydrogens is 426 g/mol. The molecule has 2 bridgehead atoms. The van der Waals surface area contributed by atoms with E-state index in [0.717, 1.165) is 17.2 Å². The monoisotopic (exact) mass is 453 g/mol. The topological polar surface area (TPSA) is 98.7 Å². The van der Waals surface area contributed by atoms with Crippen molar-refractivity contribution in [2.24, 2.45) is 11.8 Å². The summed E-state index contributed by atoms with van der Waals surface area (Å²) in [5.41, 5.74) is 0.663. The first-order chi connectivity index (χ1) is 15.3. The predicted molar refractivity (Wildman–Crippen MR) is 124 cm³/mol. The van der Waals surface area contributed by atoms with E-state index in [9.17, 15) is 19.5 Å². The van der Waals surface area contributed by atoms with E-state index in [0.29, 0.717) is 12.1 Å². The van der Waals surface area contributed by atoms with Gasteiger partial charge in [0.25, 0.3) is 0 Å². The summed E-state index contributed by atoms with van der Waals surface area (Å²) >= 11 is 1.62. The van der Waals surface area contributed by atoms with Gasteiger partial charge in [0.15, 0.2) is 0 Å². The molecule has 3 amide bonds. The van der Waals surface area contributed by atoms with Crippen molar-refractivity contribution in [3.8, 4) is 0 Å². The van der Waals surface area contributed by atoms with Crippen LogP contribution in [0.5, 0.6) is 0 Å². The summed E-state index contributed by atoms with van der Waals surface area (Å²) in [7, 11) is 1.59. The lowest BCUT2D eigenvalue weighted by Crippen LogP contribution is -2.52. The number of benzene rings is 2. The molecule has 2 aromatic rings. The van der Waals surface area contributed by atoms with E-state index in [-0.39, 0.29) is 35.6 Å². The summed E-state index contributed by atoms with van der Waals surface area (Å²) in [6.07, 6.45) is 1.46. The smallest absolute Gasteiger partial charge is 0.248 e. The van der Waals surface area contributed by atoms with Gasteiger partial charge in [0.05, 0.1) is 23.2 Å². The second kappa shape index (κ2) is 7.49. The Kier molecular flexibility index (Phi) is 4.98. The van der Waals surface area contributed by atoms with E-state index in [4.69, 9.17) is 0 Å². The number of nitrogens with one attached hydrogen (secondary N) is 2. The molecule has 2 aromatic carbocycles. The molecule has 8 heteroatoms. The van der Waals surface area contributed by atoms with Crippen LogP contribution in [0.4, 0.5) is 5.69 Å². The van der Waals surface area contributed by atoms with Gasteiger partial charge in [-0.25, -0.2) is 0 Å². The molecule has 2 unspecified atom stereocenters. The van der Waals surface area contributed by atoms with Gasteiger partial charge in [0.1, 0.15) is 6.04 Å². The molecule has 5 atom stereocenters. The third-order valence-corrected chi connectivity index (χ3v) is 9.40. The molecule has 3 aliphatic heterocycles. The average molecular weight is 454 g/mol. The number of likely N-dealkylation sites (tertiary alicyclic amines) is 1. The van der Waals surface area contributed by atoms with Crippen molar-refractivity contribution in [2.75, 3.05) is 25.5 Å². The van der Waals surface area contributed by atoms with Gasteiger partial charge >= 0.3 is 0 Å². The zero-order valence-corrected chi connectivity index (χ0v) is 18.9. The van der Waals surface area contributed by atoms with Crippen molar-refractivity contribution in [3.05, 3.63) is 42.5 Å². The van der Waals surface area contributed by atoms with E-state index in [2.05, 4.69) is 10.6 Å². The van der Waals surface area contributed by atoms with Crippen molar-refractivity contribution in [1.82, 2.24) is 10.2 Å². The van der Waals surface area contributed by atoms with E-state index in [1.54, 1.807) is 18.8 Å². The molecule has 0 saturated carbocycles. The van der Waals surface area contributed by atoms with Crippen molar-refractivity contribution < 1.29 is 19.5 Å². The number of hydrogen-bond donors (Lipinski definition) is 3. The van der Waals surface area contributed by atoms with E-state index >= 15 is 0 Å². The average Bonchev–Trinajstić information content (AvgIpc) is 3.34. The van der Waals surface area contributed by atoms with E-state index < -0.39 is 22.6 Å². The highest BCUT2D eigenvalue weighted by molar-refractivity contribution is 8.02. The normalized spacial score (nSPS) is 32.9. The highest BCUT2D eigenvalue weighted by Gasteiger charge is 2.76. The highest BCUT2D eigenvalue weighted by Crippen LogP contribution is 2.71. The second-order valence-electron chi connectivity index (χ2n) is 9.15. The summed E-state index contributed by atoms with van der Waals surface area (Å²) < 4.78 is -1.05. The van der Waals surface area contributed by atoms with Gasteiger partial charge in [-0.15, -0.1) is 11.8 Å². The zero-order chi connectivity index (χ0) is 22.7. The molecule has 32 heavy (non-hydrogen) atoms. The Morgan fingerprint density at radius 3 is 2.62 bits per heavy atom. The van der Waals surface area contributed by atoms with Crippen LogP contribution in [0.2, 0.25) is 0 Å². The molecule has 3 fully saturated rings. The van der Waals surface area contributed by atoms with E-state index in [1.165, 1.54) is 4.90 Å². The summed E-state index contributed by atoms with van der Waals surface area (Å²) in [6, 6.07) is 12.9. The highest BCUT2D eigenvalue weighted by atomic mass is 32.2. The number of rotatable bonds is 5. The Labute approximate surface area is 190 Å². The number of aliphatic hydroxyl groups is 1.